The van der Waals surface area contributed by atoms with Crippen molar-refractivity contribution in [1.29, 1.82) is 0 Å². The number of amides is 1. The lowest BCUT2D eigenvalue weighted by molar-refractivity contribution is -0.119. The van der Waals surface area contributed by atoms with Gasteiger partial charge in [-0.05, 0) is 46.0 Å². The van der Waals surface area contributed by atoms with E-state index in [4.69, 9.17) is 5.73 Å². The number of halogens is 1. The van der Waals surface area contributed by atoms with E-state index in [1.807, 2.05) is 12.1 Å². The number of hydrogen-bond donors (Lipinski definition) is 2. The zero-order valence-electron chi connectivity index (χ0n) is 10.8. The first kappa shape index (κ1) is 13.1. The average Bonchev–Trinajstić information content (AvgIpc) is 2.86. The van der Waals surface area contributed by atoms with E-state index in [0.717, 1.165) is 12.8 Å². The Bertz CT molecular complexity index is 647. The van der Waals surface area contributed by atoms with Gasteiger partial charge in [0.05, 0.1) is 16.4 Å². The molecule has 0 fully saturated rings. The Morgan fingerprint density at radius 2 is 1.95 bits per heavy atom. The molecule has 1 heterocycles. The molecule has 5 heteroatoms. The third kappa shape index (κ3) is 2.54. The van der Waals surface area contributed by atoms with Gasteiger partial charge in [0, 0.05) is 5.92 Å². The van der Waals surface area contributed by atoms with Crippen molar-refractivity contribution < 1.29 is 4.79 Å². The summed E-state index contributed by atoms with van der Waals surface area (Å²) < 4.78 is 0.696. The average molecular weight is 332 g/mol. The van der Waals surface area contributed by atoms with Gasteiger partial charge in [0.2, 0.25) is 5.91 Å². The molecule has 4 nitrogen and oxygen atoms in total. The molecule has 0 bridgehead atoms. The second-order valence-corrected chi connectivity index (χ2v) is 5.82. The van der Waals surface area contributed by atoms with Crippen LogP contribution in [-0.2, 0) is 17.6 Å². The molecule has 1 amide bonds. The van der Waals surface area contributed by atoms with Crippen molar-refractivity contribution >= 4 is 33.3 Å². The van der Waals surface area contributed by atoms with E-state index in [-0.39, 0.29) is 11.8 Å². The van der Waals surface area contributed by atoms with Crippen LogP contribution in [0.2, 0.25) is 0 Å². The zero-order valence-corrected chi connectivity index (χ0v) is 12.4. The number of anilines is 2. The van der Waals surface area contributed by atoms with Crippen molar-refractivity contribution in [2.75, 3.05) is 11.1 Å². The van der Waals surface area contributed by atoms with Crippen molar-refractivity contribution in [3.63, 3.8) is 0 Å². The van der Waals surface area contributed by atoms with Crippen LogP contribution in [0.1, 0.15) is 11.1 Å². The Morgan fingerprint density at radius 3 is 2.55 bits per heavy atom. The second kappa shape index (κ2) is 5.25. The molecule has 2 aromatic rings. The molecule has 0 aliphatic heterocycles. The molecule has 0 saturated heterocycles. The molecule has 0 saturated carbocycles. The number of benzene rings is 1. The van der Waals surface area contributed by atoms with Crippen LogP contribution in [0.5, 0.6) is 0 Å². The fraction of sp³-hybridized carbons (Fsp3) is 0.200. The first-order chi connectivity index (χ1) is 9.63. The summed E-state index contributed by atoms with van der Waals surface area (Å²) in [5, 5.41) is 2.86. The van der Waals surface area contributed by atoms with E-state index < -0.39 is 0 Å². The van der Waals surface area contributed by atoms with E-state index >= 15 is 0 Å². The maximum absolute atomic E-state index is 12.3. The molecule has 1 aromatic carbocycles. The maximum Gasteiger partial charge on any atom is 0.229 e. The summed E-state index contributed by atoms with van der Waals surface area (Å²) in [6.07, 6.45) is 3.10. The fourth-order valence-electron chi connectivity index (χ4n) is 2.51. The van der Waals surface area contributed by atoms with Crippen LogP contribution in [0.4, 0.5) is 11.5 Å². The largest absolute Gasteiger partial charge is 0.397 e. The van der Waals surface area contributed by atoms with Crippen LogP contribution < -0.4 is 11.1 Å². The highest BCUT2D eigenvalue weighted by molar-refractivity contribution is 9.10. The van der Waals surface area contributed by atoms with Gasteiger partial charge in [-0.1, -0.05) is 24.3 Å². The highest BCUT2D eigenvalue weighted by Gasteiger charge is 2.27. The number of pyridine rings is 1. The second-order valence-electron chi connectivity index (χ2n) is 4.96. The van der Waals surface area contributed by atoms with Crippen LogP contribution >= 0.6 is 15.9 Å². The number of hydrogen-bond acceptors (Lipinski definition) is 3. The molecule has 3 N–H and O–H groups in total. The van der Waals surface area contributed by atoms with Crippen molar-refractivity contribution in [3.05, 3.63) is 52.1 Å². The molecule has 0 spiro atoms. The molecule has 102 valence electrons. The quantitative estimate of drug-likeness (QED) is 0.889. The smallest absolute Gasteiger partial charge is 0.229 e. The number of nitrogen functional groups attached to an aromatic ring is 1. The van der Waals surface area contributed by atoms with Gasteiger partial charge >= 0.3 is 0 Å². The molecule has 0 radical (unpaired) electrons. The van der Waals surface area contributed by atoms with Crippen LogP contribution in [-0.4, -0.2) is 10.9 Å². The number of rotatable bonds is 2. The van der Waals surface area contributed by atoms with Crippen molar-refractivity contribution in [2.24, 2.45) is 5.92 Å². The number of nitrogens with two attached hydrogens (primary N) is 1. The third-order valence-electron chi connectivity index (χ3n) is 3.53. The Kier molecular flexibility index (Phi) is 3.44. The summed E-state index contributed by atoms with van der Waals surface area (Å²) in [7, 11) is 0. The lowest BCUT2D eigenvalue weighted by atomic mass is 10.1. The fourth-order valence-corrected chi connectivity index (χ4v) is 2.97. The predicted octanol–water partition coefficient (Wildman–Crippen LogP) is 2.78. The van der Waals surface area contributed by atoms with Crippen LogP contribution in [0.3, 0.4) is 0 Å². The molecule has 20 heavy (non-hydrogen) atoms. The Morgan fingerprint density at radius 1 is 1.30 bits per heavy atom. The monoisotopic (exact) mass is 331 g/mol. The summed E-state index contributed by atoms with van der Waals surface area (Å²) in [6, 6.07) is 9.92. The molecule has 0 unspecified atom stereocenters. The molecule has 1 aliphatic carbocycles. The van der Waals surface area contributed by atoms with Gasteiger partial charge < -0.3 is 11.1 Å². The topological polar surface area (TPSA) is 68.0 Å². The first-order valence-corrected chi connectivity index (χ1v) is 7.21. The van der Waals surface area contributed by atoms with Gasteiger partial charge in [0.15, 0.2) is 0 Å². The maximum atomic E-state index is 12.3. The molecular formula is C15H14BrN3O. The Balaban J connectivity index is 1.72. The number of aromatic nitrogens is 1. The van der Waals surface area contributed by atoms with Crippen molar-refractivity contribution in [1.82, 2.24) is 4.98 Å². The summed E-state index contributed by atoms with van der Waals surface area (Å²) in [5.74, 6) is 0.484. The number of nitrogens with one attached hydrogen (secondary N) is 1. The van der Waals surface area contributed by atoms with E-state index in [0.29, 0.717) is 16.0 Å². The number of nitrogens with zero attached hydrogens (tertiary/aromatic N) is 1. The van der Waals surface area contributed by atoms with Gasteiger partial charge in [-0.3, -0.25) is 4.79 Å². The third-order valence-corrected chi connectivity index (χ3v) is 4.13. The minimum Gasteiger partial charge on any atom is -0.397 e. The summed E-state index contributed by atoms with van der Waals surface area (Å²) in [5.41, 5.74) is 8.71. The van der Waals surface area contributed by atoms with Crippen molar-refractivity contribution in [3.8, 4) is 0 Å². The predicted molar refractivity (Wildman–Crippen MR) is 82.3 cm³/mol. The summed E-state index contributed by atoms with van der Waals surface area (Å²) in [6.45, 7) is 0. The highest BCUT2D eigenvalue weighted by Crippen LogP contribution is 2.28. The zero-order chi connectivity index (χ0) is 14.1. The van der Waals surface area contributed by atoms with Gasteiger partial charge in [-0.15, -0.1) is 0 Å². The van der Waals surface area contributed by atoms with E-state index in [1.165, 1.54) is 17.3 Å². The molecular weight excluding hydrogens is 318 g/mol. The summed E-state index contributed by atoms with van der Waals surface area (Å²) >= 11 is 3.36. The first-order valence-electron chi connectivity index (χ1n) is 6.42. The number of carbonyl (C=O) groups excluding carboxylic acids is 1. The lowest BCUT2D eigenvalue weighted by Gasteiger charge is -2.11. The van der Waals surface area contributed by atoms with Crippen LogP contribution in [0, 0.1) is 5.92 Å². The van der Waals surface area contributed by atoms with E-state index in [2.05, 4.69) is 38.4 Å². The molecule has 0 atom stereocenters. The molecule has 3 rings (SSSR count). The van der Waals surface area contributed by atoms with Gasteiger partial charge in [-0.2, -0.15) is 0 Å². The standard InChI is InChI=1S/C15H14BrN3O/c16-13-7-12(17)8-18-14(13)19-15(20)11-5-9-3-1-2-4-10(9)6-11/h1-4,7-8,11H,5-6,17H2,(H,18,19,20). The van der Waals surface area contributed by atoms with E-state index in [1.54, 1.807) is 6.07 Å². The molecule has 1 aliphatic rings. The molecule has 1 aromatic heterocycles. The lowest BCUT2D eigenvalue weighted by Crippen LogP contribution is -2.23. The highest BCUT2D eigenvalue weighted by atomic mass is 79.9. The van der Waals surface area contributed by atoms with Crippen LogP contribution in [0.15, 0.2) is 41.0 Å². The normalized spacial score (nSPS) is 14.1. The van der Waals surface area contributed by atoms with Crippen molar-refractivity contribution in [2.45, 2.75) is 12.8 Å². The Labute approximate surface area is 125 Å². The minimum atomic E-state index is -0.0290. The van der Waals surface area contributed by atoms with Crippen LogP contribution in [0.25, 0.3) is 0 Å². The van der Waals surface area contributed by atoms with Gasteiger partial charge in [-0.25, -0.2) is 4.98 Å². The number of carbonyl (C=O) groups is 1. The van der Waals surface area contributed by atoms with Gasteiger partial charge in [0.1, 0.15) is 5.82 Å². The summed E-state index contributed by atoms with van der Waals surface area (Å²) in [4.78, 5) is 16.5. The van der Waals surface area contributed by atoms with Gasteiger partial charge in [0.25, 0.3) is 0 Å². The van der Waals surface area contributed by atoms with E-state index in [9.17, 15) is 4.79 Å². The minimum absolute atomic E-state index is 0.000767. The SMILES string of the molecule is Nc1cnc(NC(=O)C2Cc3ccccc3C2)c(Br)c1. The Hall–Kier alpha value is -1.88. The number of fused-ring (bicyclic) bond motifs is 1.